The number of hydrogen-bond donors (Lipinski definition) is 1. The third kappa shape index (κ3) is 4.63. The standard InChI is InChI=1S/C14H25N3/c1-5-7-16-13-8-14(10-15-9-13)17(6-2)11-12(3)4/h8-10,12,16H,5-7,11H2,1-4H3. The first-order valence-corrected chi connectivity index (χ1v) is 6.61. The Morgan fingerprint density at radius 2 is 2.06 bits per heavy atom. The minimum absolute atomic E-state index is 0.669. The van der Waals surface area contributed by atoms with E-state index >= 15 is 0 Å². The van der Waals surface area contributed by atoms with E-state index in [1.54, 1.807) is 0 Å². The van der Waals surface area contributed by atoms with Gasteiger partial charge in [0.05, 0.1) is 23.8 Å². The molecule has 0 saturated carbocycles. The van der Waals surface area contributed by atoms with E-state index in [4.69, 9.17) is 0 Å². The lowest BCUT2D eigenvalue weighted by molar-refractivity contribution is 0.618. The van der Waals surface area contributed by atoms with Crippen LogP contribution in [-0.2, 0) is 0 Å². The molecule has 0 spiro atoms. The van der Waals surface area contributed by atoms with Crippen LogP contribution in [-0.4, -0.2) is 24.6 Å². The van der Waals surface area contributed by atoms with Gasteiger partial charge in [-0.05, 0) is 25.3 Å². The van der Waals surface area contributed by atoms with Crippen molar-refractivity contribution in [1.29, 1.82) is 0 Å². The smallest absolute Gasteiger partial charge is 0.0573 e. The van der Waals surface area contributed by atoms with E-state index in [0.29, 0.717) is 5.92 Å². The molecule has 0 aliphatic heterocycles. The molecule has 1 rings (SSSR count). The second kappa shape index (κ2) is 7.15. The van der Waals surface area contributed by atoms with Crippen molar-refractivity contribution in [2.45, 2.75) is 34.1 Å². The molecule has 0 aromatic carbocycles. The third-order valence-electron chi connectivity index (χ3n) is 2.64. The van der Waals surface area contributed by atoms with E-state index < -0.39 is 0 Å². The van der Waals surface area contributed by atoms with Crippen LogP contribution >= 0.6 is 0 Å². The molecular weight excluding hydrogens is 210 g/mol. The predicted octanol–water partition coefficient (Wildman–Crippen LogP) is 3.39. The molecule has 17 heavy (non-hydrogen) atoms. The van der Waals surface area contributed by atoms with E-state index in [9.17, 15) is 0 Å². The molecule has 0 aliphatic carbocycles. The molecule has 0 amide bonds. The largest absolute Gasteiger partial charge is 0.384 e. The Bertz CT molecular complexity index is 323. The number of nitrogens with one attached hydrogen (secondary N) is 1. The van der Waals surface area contributed by atoms with Crippen LogP contribution in [0.5, 0.6) is 0 Å². The van der Waals surface area contributed by atoms with Crippen molar-refractivity contribution in [1.82, 2.24) is 4.98 Å². The maximum Gasteiger partial charge on any atom is 0.0573 e. The molecule has 0 bridgehead atoms. The summed E-state index contributed by atoms with van der Waals surface area (Å²) in [6.45, 7) is 12.0. The Morgan fingerprint density at radius 1 is 1.29 bits per heavy atom. The molecule has 1 N–H and O–H groups in total. The zero-order valence-electron chi connectivity index (χ0n) is 11.5. The van der Waals surface area contributed by atoms with Crippen molar-refractivity contribution in [3.05, 3.63) is 18.5 Å². The highest BCUT2D eigenvalue weighted by atomic mass is 15.1. The number of anilines is 2. The van der Waals surface area contributed by atoms with Gasteiger partial charge < -0.3 is 10.2 Å². The lowest BCUT2D eigenvalue weighted by atomic mass is 10.2. The molecule has 0 saturated heterocycles. The first kappa shape index (κ1) is 13.8. The van der Waals surface area contributed by atoms with Gasteiger partial charge in [0.1, 0.15) is 0 Å². The van der Waals surface area contributed by atoms with Crippen molar-refractivity contribution in [2.24, 2.45) is 5.92 Å². The second-order valence-electron chi connectivity index (χ2n) is 4.79. The molecule has 96 valence electrons. The minimum Gasteiger partial charge on any atom is -0.384 e. The molecule has 1 aromatic heterocycles. The lowest BCUT2D eigenvalue weighted by Crippen LogP contribution is -2.27. The van der Waals surface area contributed by atoms with Gasteiger partial charge in [-0.2, -0.15) is 0 Å². The lowest BCUT2D eigenvalue weighted by Gasteiger charge is -2.25. The molecule has 3 nitrogen and oxygen atoms in total. The van der Waals surface area contributed by atoms with E-state index in [1.165, 1.54) is 5.69 Å². The van der Waals surface area contributed by atoms with Crippen LogP contribution in [0.15, 0.2) is 18.5 Å². The summed E-state index contributed by atoms with van der Waals surface area (Å²) in [6.07, 6.45) is 4.97. The van der Waals surface area contributed by atoms with Crippen LogP contribution < -0.4 is 10.2 Å². The van der Waals surface area contributed by atoms with E-state index in [2.05, 4.69) is 49.0 Å². The Hall–Kier alpha value is -1.25. The van der Waals surface area contributed by atoms with Crippen LogP contribution in [0.2, 0.25) is 0 Å². The van der Waals surface area contributed by atoms with Crippen molar-refractivity contribution in [3.8, 4) is 0 Å². The van der Waals surface area contributed by atoms with Crippen molar-refractivity contribution >= 4 is 11.4 Å². The monoisotopic (exact) mass is 235 g/mol. The van der Waals surface area contributed by atoms with Crippen LogP contribution in [0.25, 0.3) is 0 Å². The van der Waals surface area contributed by atoms with Crippen LogP contribution in [0, 0.1) is 5.92 Å². The Morgan fingerprint density at radius 3 is 2.65 bits per heavy atom. The van der Waals surface area contributed by atoms with Crippen molar-refractivity contribution in [3.63, 3.8) is 0 Å². The number of hydrogen-bond acceptors (Lipinski definition) is 3. The van der Waals surface area contributed by atoms with Crippen LogP contribution in [0.4, 0.5) is 11.4 Å². The molecule has 1 heterocycles. The second-order valence-corrected chi connectivity index (χ2v) is 4.79. The van der Waals surface area contributed by atoms with Gasteiger partial charge in [0, 0.05) is 19.6 Å². The zero-order chi connectivity index (χ0) is 12.7. The molecule has 0 unspecified atom stereocenters. The number of pyridine rings is 1. The summed E-state index contributed by atoms with van der Waals surface area (Å²) in [5.41, 5.74) is 2.33. The average Bonchev–Trinajstić information content (AvgIpc) is 2.33. The van der Waals surface area contributed by atoms with Gasteiger partial charge in [-0.3, -0.25) is 4.98 Å². The zero-order valence-corrected chi connectivity index (χ0v) is 11.5. The first-order valence-electron chi connectivity index (χ1n) is 6.61. The topological polar surface area (TPSA) is 28.2 Å². The van der Waals surface area contributed by atoms with Crippen molar-refractivity contribution < 1.29 is 0 Å². The molecule has 0 fully saturated rings. The van der Waals surface area contributed by atoms with Gasteiger partial charge in [-0.25, -0.2) is 0 Å². The van der Waals surface area contributed by atoms with E-state index in [-0.39, 0.29) is 0 Å². The third-order valence-corrected chi connectivity index (χ3v) is 2.64. The van der Waals surface area contributed by atoms with Gasteiger partial charge in [0.15, 0.2) is 0 Å². The summed E-state index contributed by atoms with van der Waals surface area (Å²) in [5.74, 6) is 0.669. The maximum absolute atomic E-state index is 4.31. The molecule has 0 radical (unpaired) electrons. The summed E-state index contributed by atoms with van der Waals surface area (Å²) in [4.78, 5) is 6.68. The number of rotatable bonds is 7. The van der Waals surface area contributed by atoms with Gasteiger partial charge in [-0.1, -0.05) is 20.8 Å². The number of aromatic nitrogens is 1. The van der Waals surface area contributed by atoms with E-state index in [0.717, 1.165) is 31.7 Å². The molecular formula is C14H25N3. The summed E-state index contributed by atoms with van der Waals surface area (Å²) in [5, 5.41) is 3.38. The fraction of sp³-hybridized carbons (Fsp3) is 0.643. The summed E-state index contributed by atoms with van der Waals surface area (Å²) in [6, 6.07) is 2.19. The van der Waals surface area contributed by atoms with Gasteiger partial charge in [0.25, 0.3) is 0 Å². The Balaban J connectivity index is 2.73. The minimum atomic E-state index is 0.669. The highest BCUT2D eigenvalue weighted by Gasteiger charge is 2.07. The summed E-state index contributed by atoms with van der Waals surface area (Å²) < 4.78 is 0. The molecule has 0 aliphatic rings. The maximum atomic E-state index is 4.31. The normalized spacial score (nSPS) is 10.6. The van der Waals surface area contributed by atoms with Gasteiger partial charge >= 0.3 is 0 Å². The van der Waals surface area contributed by atoms with E-state index in [1.807, 2.05) is 12.4 Å². The number of nitrogens with zero attached hydrogens (tertiary/aromatic N) is 2. The highest BCUT2D eigenvalue weighted by Crippen LogP contribution is 2.18. The summed E-state index contributed by atoms with van der Waals surface area (Å²) >= 11 is 0. The Labute approximate surface area is 105 Å². The van der Waals surface area contributed by atoms with Crippen LogP contribution in [0.1, 0.15) is 34.1 Å². The molecule has 0 atom stereocenters. The fourth-order valence-electron chi connectivity index (χ4n) is 1.82. The first-order chi connectivity index (χ1) is 8.17. The summed E-state index contributed by atoms with van der Waals surface area (Å²) in [7, 11) is 0. The Kier molecular flexibility index (Phi) is 5.81. The predicted molar refractivity (Wildman–Crippen MR) is 75.7 cm³/mol. The SMILES string of the molecule is CCCNc1cncc(N(CC)CC(C)C)c1. The van der Waals surface area contributed by atoms with Crippen LogP contribution in [0.3, 0.4) is 0 Å². The average molecular weight is 235 g/mol. The van der Waals surface area contributed by atoms with Crippen molar-refractivity contribution in [2.75, 3.05) is 29.9 Å². The molecule has 3 heteroatoms. The van der Waals surface area contributed by atoms with Gasteiger partial charge in [-0.15, -0.1) is 0 Å². The van der Waals surface area contributed by atoms with Gasteiger partial charge in [0.2, 0.25) is 0 Å². The fourth-order valence-corrected chi connectivity index (χ4v) is 1.82. The molecule has 1 aromatic rings. The quantitative estimate of drug-likeness (QED) is 0.785. The highest BCUT2D eigenvalue weighted by molar-refractivity contribution is 5.55.